The van der Waals surface area contributed by atoms with Crippen molar-refractivity contribution in [3.8, 4) is 5.69 Å². The fourth-order valence-corrected chi connectivity index (χ4v) is 2.98. The van der Waals surface area contributed by atoms with Crippen LogP contribution in [0.15, 0.2) is 40.9 Å². The lowest BCUT2D eigenvalue weighted by atomic mass is 10.2. The summed E-state index contributed by atoms with van der Waals surface area (Å²) in [5.74, 6) is 0.693. The van der Waals surface area contributed by atoms with Crippen LogP contribution in [0, 0.1) is 12.7 Å². The van der Waals surface area contributed by atoms with Gasteiger partial charge in [0.1, 0.15) is 11.6 Å². The van der Waals surface area contributed by atoms with Gasteiger partial charge in [-0.2, -0.15) is 0 Å². The number of benzene rings is 2. The van der Waals surface area contributed by atoms with Gasteiger partial charge >= 0.3 is 0 Å². The largest absolute Gasteiger partial charge is 0.295 e. The third-order valence-electron chi connectivity index (χ3n) is 3.21. The first-order valence-electron chi connectivity index (χ1n) is 6.09. The van der Waals surface area contributed by atoms with Crippen LogP contribution in [0.3, 0.4) is 0 Å². The number of rotatable bonds is 2. The van der Waals surface area contributed by atoms with Gasteiger partial charge in [-0.1, -0.05) is 15.9 Å². The lowest BCUT2D eigenvalue weighted by Gasteiger charge is -2.11. The Kier molecular flexibility index (Phi) is 3.52. The van der Waals surface area contributed by atoms with Crippen LogP contribution in [0.4, 0.5) is 4.39 Å². The Morgan fingerprint density at radius 3 is 2.75 bits per heavy atom. The molecule has 2 aromatic carbocycles. The zero-order valence-corrected chi connectivity index (χ0v) is 13.0. The number of halogens is 3. The molecule has 0 bridgehead atoms. The van der Waals surface area contributed by atoms with Crippen molar-refractivity contribution in [3.63, 3.8) is 0 Å². The summed E-state index contributed by atoms with van der Waals surface area (Å²) in [7, 11) is 0. The monoisotopic (exact) mass is 352 g/mol. The van der Waals surface area contributed by atoms with Crippen molar-refractivity contribution < 1.29 is 4.39 Å². The molecule has 0 fully saturated rings. The van der Waals surface area contributed by atoms with Crippen LogP contribution in [0.1, 0.15) is 11.4 Å². The van der Waals surface area contributed by atoms with E-state index in [1.807, 2.05) is 29.7 Å². The highest BCUT2D eigenvalue weighted by Gasteiger charge is 2.14. The fraction of sp³-hybridized carbons (Fsp3) is 0.133. The first-order chi connectivity index (χ1) is 9.60. The number of nitrogens with zero attached hydrogens (tertiary/aromatic N) is 2. The molecule has 5 heteroatoms. The summed E-state index contributed by atoms with van der Waals surface area (Å²) < 4.78 is 16.4. The highest BCUT2D eigenvalue weighted by Crippen LogP contribution is 2.27. The van der Waals surface area contributed by atoms with Gasteiger partial charge in [-0.15, -0.1) is 11.6 Å². The van der Waals surface area contributed by atoms with E-state index in [1.54, 1.807) is 6.07 Å². The minimum absolute atomic E-state index is 0.270. The molecule has 3 rings (SSSR count). The Morgan fingerprint density at radius 2 is 2.05 bits per heavy atom. The molecule has 0 aliphatic heterocycles. The molecular weight excluding hydrogens is 343 g/mol. The molecule has 102 valence electrons. The lowest BCUT2D eigenvalue weighted by molar-refractivity contribution is 0.629. The average Bonchev–Trinajstić information content (AvgIpc) is 2.76. The number of aromatic nitrogens is 2. The molecule has 2 nitrogen and oxygen atoms in total. The quantitative estimate of drug-likeness (QED) is 0.594. The van der Waals surface area contributed by atoms with E-state index in [0.717, 1.165) is 26.8 Å². The second-order valence-electron chi connectivity index (χ2n) is 4.56. The zero-order valence-electron chi connectivity index (χ0n) is 10.7. The van der Waals surface area contributed by atoms with Gasteiger partial charge < -0.3 is 0 Å². The van der Waals surface area contributed by atoms with Gasteiger partial charge in [0.2, 0.25) is 0 Å². The van der Waals surface area contributed by atoms with Crippen LogP contribution >= 0.6 is 27.5 Å². The molecule has 1 aromatic heterocycles. The van der Waals surface area contributed by atoms with E-state index in [-0.39, 0.29) is 11.7 Å². The highest BCUT2D eigenvalue weighted by atomic mass is 79.9. The van der Waals surface area contributed by atoms with Gasteiger partial charge in [0, 0.05) is 10.5 Å². The van der Waals surface area contributed by atoms with Crippen LogP contribution in [0.5, 0.6) is 0 Å². The van der Waals surface area contributed by atoms with Crippen molar-refractivity contribution in [1.82, 2.24) is 9.55 Å². The standard InChI is InChI=1S/C15H11BrClFN2/c1-9-6-10(16)2-5-13(9)20-14-7-11(18)3-4-12(14)19-15(20)8-17/h2-7H,8H2,1H3. The lowest BCUT2D eigenvalue weighted by Crippen LogP contribution is -2.01. The van der Waals surface area contributed by atoms with Gasteiger partial charge in [-0.3, -0.25) is 4.57 Å². The van der Waals surface area contributed by atoms with E-state index in [1.165, 1.54) is 12.1 Å². The molecule has 0 aliphatic carbocycles. The first kappa shape index (κ1) is 13.6. The maximum Gasteiger partial charge on any atom is 0.129 e. The molecule has 0 radical (unpaired) electrons. The van der Waals surface area contributed by atoms with E-state index in [0.29, 0.717) is 5.82 Å². The van der Waals surface area contributed by atoms with Crippen molar-refractivity contribution in [2.24, 2.45) is 0 Å². The second kappa shape index (κ2) is 5.19. The normalized spacial score (nSPS) is 11.2. The molecule has 0 unspecified atom stereocenters. The summed E-state index contributed by atoms with van der Waals surface area (Å²) in [4.78, 5) is 4.46. The van der Waals surface area contributed by atoms with Gasteiger partial charge in [-0.25, -0.2) is 9.37 Å². The number of alkyl halides is 1. The molecule has 0 amide bonds. The van der Waals surface area contributed by atoms with Crippen LogP contribution in [0.25, 0.3) is 16.7 Å². The SMILES string of the molecule is Cc1cc(Br)ccc1-n1c(CCl)nc2ccc(F)cc21. The number of aryl methyl sites for hydroxylation is 1. The van der Waals surface area contributed by atoms with Gasteiger partial charge in [0.15, 0.2) is 0 Å². The Labute approximate surface area is 129 Å². The topological polar surface area (TPSA) is 17.8 Å². The van der Waals surface area contributed by atoms with Gasteiger partial charge in [-0.05, 0) is 42.8 Å². The molecule has 1 heterocycles. The summed E-state index contributed by atoms with van der Waals surface area (Å²) in [6, 6.07) is 10.5. The highest BCUT2D eigenvalue weighted by molar-refractivity contribution is 9.10. The molecule has 3 aromatic rings. The predicted molar refractivity (Wildman–Crippen MR) is 83.0 cm³/mol. The maximum atomic E-state index is 13.5. The zero-order chi connectivity index (χ0) is 14.3. The second-order valence-corrected chi connectivity index (χ2v) is 5.74. The third kappa shape index (κ3) is 2.23. The molecule has 0 saturated heterocycles. The molecule has 20 heavy (non-hydrogen) atoms. The summed E-state index contributed by atoms with van der Waals surface area (Å²) in [5, 5.41) is 0. The Bertz CT molecular complexity index is 798. The van der Waals surface area contributed by atoms with Crippen molar-refractivity contribution in [2.45, 2.75) is 12.8 Å². The first-order valence-corrected chi connectivity index (χ1v) is 7.42. The molecular formula is C15H11BrClFN2. The number of imidazole rings is 1. The van der Waals surface area contributed by atoms with Crippen molar-refractivity contribution in [1.29, 1.82) is 0 Å². The molecule has 0 spiro atoms. The minimum Gasteiger partial charge on any atom is -0.295 e. The predicted octanol–water partition coefficient (Wildman–Crippen LogP) is 4.97. The minimum atomic E-state index is -0.283. The molecule has 0 N–H and O–H groups in total. The smallest absolute Gasteiger partial charge is 0.129 e. The van der Waals surface area contributed by atoms with Gasteiger partial charge in [0.25, 0.3) is 0 Å². The Morgan fingerprint density at radius 1 is 1.25 bits per heavy atom. The van der Waals surface area contributed by atoms with Crippen LogP contribution < -0.4 is 0 Å². The number of fused-ring (bicyclic) bond motifs is 1. The number of hydrogen-bond acceptors (Lipinski definition) is 1. The summed E-state index contributed by atoms with van der Waals surface area (Å²) in [6.07, 6.45) is 0. The van der Waals surface area contributed by atoms with Crippen LogP contribution in [-0.4, -0.2) is 9.55 Å². The van der Waals surface area contributed by atoms with Crippen LogP contribution in [0.2, 0.25) is 0 Å². The van der Waals surface area contributed by atoms with Crippen molar-refractivity contribution in [3.05, 3.63) is 58.1 Å². The average molecular weight is 354 g/mol. The van der Waals surface area contributed by atoms with Crippen molar-refractivity contribution in [2.75, 3.05) is 0 Å². The third-order valence-corrected chi connectivity index (χ3v) is 3.94. The Balaban J connectivity index is 2.36. The van der Waals surface area contributed by atoms with E-state index in [4.69, 9.17) is 11.6 Å². The maximum absolute atomic E-state index is 13.5. The summed E-state index contributed by atoms with van der Waals surface area (Å²) >= 11 is 9.44. The van der Waals surface area contributed by atoms with E-state index < -0.39 is 0 Å². The summed E-state index contributed by atoms with van der Waals surface area (Å²) in [5.41, 5.74) is 3.49. The van der Waals surface area contributed by atoms with Crippen molar-refractivity contribution >= 4 is 38.6 Å². The molecule has 0 atom stereocenters. The molecule has 0 saturated carbocycles. The number of hydrogen-bond donors (Lipinski definition) is 0. The molecule has 0 aliphatic rings. The Hall–Kier alpha value is -1.39. The summed E-state index contributed by atoms with van der Waals surface area (Å²) in [6.45, 7) is 2.00. The van der Waals surface area contributed by atoms with E-state index in [9.17, 15) is 4.39 Å². The van der Waals surface area contributed by atoms with Crippen LogP contribution in [-0.2, 0) is 5.88 Å². The van der Waals surface area contributed by atoms with E-state index >= 15 is 0 Å². The van der Waals surface area contributed by atoms with E-state index in [2.05, 4.69) is 20.9 Å². The fourth-order valence-electron chi connectivity index (χ4n) is 2.33. The van der Waals surface area contributed by atoms with Gasteiger partial charge in [0.05, 0.1) is 22.6 Å².